The van der Waals surface area contributed by atoms with Gasteiger partial charge >= 0.3 is 0 Å². The van der Waals surface area contributed by atoms with E-state index in [0.29, 0.717) is 0 Å². The van der Waals surface area contributed by atoms with Crippen molar-refractivity contribution in [3.05, 3.63) is 146 Å². The second-order valence-corrected chi connectivity index (χ2v) is 12.8. The van der Waals surface area contributed by atoms with E-state index >= 15 is 0 Å². The van der Waals surface area contributed by atoms with Crippen molar-refractivity contribution in [1.82, 2.24) is 9.97 Å². The zero-order chi connectivity index (χ0) is 29.8. The molecule has 0 bridgehead atoms. The van der Waals surface area contributed by atoms with E-state index in [4.69, 9.17) is 0 Å². The van der Waals surface area contributed by atoms with E-state index in [0.717, 1.165) is 11.1 Å². The Bertz CT molecular complexity index is 2110. The average Bonchev–Trinajstić information content (AvgIpc) is 3.07. The van der Waals surface area contributed by atoms with Crippen molar-refractivity contribution in [2.24, 2.45) is 0 Å². The maximum Gasteiger partial charge on any atom is 0.0346 e. The van der Waals surface area contributed by atoms with E-state index in [1.165, 1.54) is 71.3 Å². The van der Waals surface area contributed by atoms with Crippen LogP contribution in [0.2, 0.25) is 0 Å². The number of nitrogens with zero attached hydrogens (tertiary/aromatic N) is 2. The number of rotatable bonds is 4. The Morgan fingerprint density at radius 3 is 1.30 bits per heavy atom. The van der Waals surface area contributed by atoms with E-state index in [1.54, 1.807) is 0 Å². The van der Waals surface area contributed by atoms with Gasteiger partial charge < -0.3 is 0 Å². The fourth-order valence-electron chi connectivity index (χ4n) is 6.58. The summed E-state index contributed by atoms with van der Waals surface area (Å²) >= 11 is 0. The average molecular weight is 565 g/mol. The second kappa shape index (κ2) is 10.1. The molecule has 2 aromatic heterocycles. The highest BCUT2D eigenvalue weighted by atomic mass is 14.6. The van der Waals surface area contributed by atoms with E-state index < -0.39 is 0 Å². The van der Waals surface area contributed by atoms with Crippen molar-refractivity contribution in [2.75, 3.05) is 0 Å². The first-order valence-electron chi connectivity index (χ1n) is 15.2. The predicted molar refractivity (Wildman–Crippen MR) is 186 cm³/mol. The molecular weight excluding hydrogens is 532 g/mol. The molecule has 8 rings (SSSR count). The lowest BCUT2D eigenvalue weighted by Crippen LogP contribution is -2.10. The minimum atomic E-state index is 0.0762. The van der Waals surface area contributed by atoms with Crippen LogP contribution in [0.3, 0.4) is 0 Å². The molecular formula is C42H32N2. The summed E-state index contributed by atoms with van der Waals surface area (Å²) in [6.45, 7) is 6.88. The molecule has 0 radical (unpaired) electrons. The van der Waals surface area contributed by atoms with Gasteiger partial charge in [0, 0.05) is 24.8 Å². The zero-order valence-corrected chi connectivity index (χ0v) is 25.2. The molecule has 0 N–H and O–H groups in total. The standard InChI is InChI=1S/C42H32N2/c1-42(2,3)35-22-31-16-18-36-38(29-12-8-27(9-13-29)33-6-4-20-43-25-33)24-39(37-19-17-32(23-35)40(31)41(36)37)30-14-10-28(11-15-30)34-7-5-21-44-26-34/h4-26H,1-3H3. The Kier molecular flexibility index (Phi) is 6.06. The predicted octanol–water partition coefficient (Wildman–Crippen LogP) is 11.3. The van der Waals surface area contributed by atoms with Gasteiger partial charge in [-0.25, -0.2) is 0 Å². The molecule has 2 heteroatoms. The summed E-state index contributed by atoms with van der Waals surface area (Å²) in [5, 5.41) is 7.84. The first-order valence-corrected chi connectivity index (χ1v) is 15.2. The third-order valence-corrected chi connectivity index (χ3v) is 8.96. The normalized spacial score (nSPS) is 12.0. The van der Waals surface area contributed by atoms with Crippen LogP contribution in [-0.2, 0) is 5.41 Å². The Morgan fingerprint density at radius 2 is 0.886 bits per heavy atom. The SMILES string of the molecule is CC(C)(C)c1cc2ccc3c(-c4ccc(-c5cccnc5)cc4)cc(-c4ccc(-c5cccnc5)cc4)c4ccc(c1)c2c34. The number of hydrogen-bond acceptors (Lipinski definition) is 2. The zero-order valence-electron chi connectivity index (χ0n) is 25.2. The number of aromatic nitrogens is 2. The van der Waals surface area contributed by atoms with Crippen LogP contribution in [0.4, 0.5) is 0 Å². The molecule has 0 saturated heterocycles. The summed E-state index contributed by atoms with van der Waals surface area (Å²) in [7, 11) is 0. The molecule has 0 atom stereocenters. The van der Waals surface area contributed by atoms with Gasteiger partial charge in [0.1, 0.15) is 0 Å². The van der Waals surface area contributed by atoms with Crippen molar-refractivity contribution in [1.29, 1.82) is 0 Å². The van der Waals surface area contributed by atoms with Crippen molar-refractivity contribution >= 4 is 32.3 Å². The van der Waals surface area contributed by atoms with Gasteiger partial charge in [-0.2, -0.15) is 0 Å². The summed E-state index contributed by atoms with van der Waals surface area (Å²) in [4.78, 5) is 8.64. The molecule has 210 valence electrons. The van der Waals surface area contributed by atoms with Crippen LogP contribution >= 0.6 is 0 Å². The summed E-state index contributed by atoms with van der Waals surface area (Å²) in [6, 6.07) is 42.5. The fraction of sp³-hybridized carbons (Fsp3) is 0.0952. The molecule has 0 unspecified atom stereocenters. The molecule has 0 saturated carbocycles. The van der Waals surface area contributed by atoms with Crippen LogP contribution in [0.15, 0.2) is 140 Å². The van der Waals surface area contributed by atoms with Gasteiger partial charge in [0.25, 0.3) is 0 Å². The van der Waals surface area contributed by atoms with E-state index in [1.807, 2.05) is 36.9 Å². The molecule has 0 amide bonds. The van der Waals surface area contributed by atoms with Gasteiger partial charge in [-0.1, -0.05) is 118 Å². The summed E-state index contributed by atoms with van der Waals surface area (Å²) in [5.74, 6) is 0. The Labute approximate surface area is 258 Å². The van der Waals surface area contributed by atoms with Crippen molar-refractivity contribution in [2.45, 2.75) is 26.2 Å². The Balaban J connectivity index is 1.37. The van der Waals surface area contributed by atoms with Crippen molar-refractivity contribution in [3.8, 4) is 44.5 Å². The first-order chi connectivity index (χ1) is 21.4. The number of benzene rings is 6. The van der Waals surface area contributed by atoms with Gasteiger partial charge in [0.05, 0.1) is 0 Å². The van der Waals surface area contributed by atoms with E-state index in [2.05, 4.69) is 134 Å². The molecule has 2 heterocycles. The quantitative estimate of drug-likeness (QED) is 0.199. The molecule has 8 aromatic rings. The van der Waals surface area contributed by atoms with Gasteiger partial charge in [0.15, 0.2) is 0 Å². The number of pyridine rings is 2. The molecule has 0 spiro atoms. The fourth-order valence-corrected chi connectivity index (χ4v) is 6.58. The smallest absolute Gasteiger partial charge is 0.0346 e. The highest BCUT2D eigenvalue weighted by Gasteiger charge is 2.20. The molecule has 6 aromatic carbocycles. The molecule has 0 fully saturated rings. The highest BCUT2D eigenvalue weighted by molar-refractivity contribution is 6.28. The van der Waals surface area contributed by atoms with Crippen LogP contribution in [0.25, 0.3) is 76.8 Å². The lowest BCUT2D eigenvalue weighted by Gasteiger charge is -2.23. The minimum absolute atomic E-state index is 0.0762. The third-order valence-electron chi connectivity index (χ3n) is 8.96. The Morgan fingerprint density at radius 1 is 0.432 bits per heavy atom. The maximum absolute atomic E-state index is 4.32. The van der Waals surface area contributed by atoms with Crippen LogP contribution in [0.5, 0.6) is 0 Å². The van der Waals surface area contributed by atoms with Gasteiger partial charge in [-0.05, 0) is 106 Å². The largest absolute Gasteiger partial charge is 0.264 e. The number of hydrogen-bond donors (Lipinski definition) is 0. The topological polar surface area (TPSA) is 25.8 Å². The molecule has 0 aliphatic carbocycles. The van der Waals surface area contributed by atoms with Gasteiger partial charge in [-0.3, -0.25) is 9.97 Å². The second-order valence-electron chi connectivity index (χ2n) is 12.8. The van der Waals surface area contributed by atoms with Crippen LogP contribution in [0.1, 0.15) is 26.3 Å². The van der Waals surface area contributed by atoms with Crippen molar-refractivity contribution < 1.29 is 0 Å². The summed E-state index contributed by atoms with van der Waals surface area (Å²) in [6.07, 6.45) is 7.48. The summed E-state index contributed by atoms with van der Waals surface area (Å²) in [5.41, 5.74) is 10.9. The molecule has 2 nitrogen and oxygen atoms in total. The maximum atomic E-state index is 4.32. The monoisotopic (exact) mass is 564 g/mol. The molecule has 0 aliphatic rings. The molecule has 0 aliphatic heterocycles. The van der Waals surface area contributed by atoms with E-state index in [9.17, 15) is 0 Å². The summed E-state index contributed by atoms with van der Waals surface area (Å²) < 4.78 is 0. The first kappa shape index (κ1) is 26.3. The lowest BCUT2D eigenvalue weighted by molar-refractivity contribution is 0.591. The highest BCUT2D eigenvalue weighted by Crippen LogP contribution is 2.45. The van der Waals surface area contributed by atoms with Crippen LogP contribution in [0, 0.1) is 0 Å². The van der Waals surface area contributed by atoms with Crippen molar-refractivity contribution in [3.63, 3.8) is 0 Å². The molecule has 44 heavy (non-hydrogen) atoms. The van der Waals surface area contributed by atoms with Crippen LogP contribution in [-0.4, -0.2) is 9.97 Å². The third kappa shape index (κ3) is 4.42. The Hall–Kier alpha value is -5.34. The lowest BCUT2D eigenvalue weighted by atomic mass is 9.81. The van der Waals surface area contributed by atoms with Crippen LogP contribution < -0.4 is 0 Å². The van der Waals surface area contributed by atoms with E-state index in [-0.39, 0.29) is 5.41 Å². The van der Waals surface area contributed by atoms with Gasteiger partial charge in [0.2, 0.25) is 0 Å². The minimum Gasteiger partial charge on any atom is -0.264 e. The van der Waals surface area contributed by atoms with Gasteiger partial charge in [-0.15, -0.1) is 0 Å².